The summed E-state index contributed by atoms with van der Waals surface area (Å²) in [6.45, 7) is 4.80. The van der Waals surface area contributed by atoms with E-state index in [-0.39, 0.29) is 17.4 Å². The minimum absolute atomic E-state index is 0.141. The van der Waals surface area contributed by atoms with E-state index < -0.39 is 10.0 Å². The molecule has 0 radical (unpaired) electrons. The molecule has 29 heavy (non-hydrogen) atoms. The standard InChI is InChI=1S/C19H29N5O4S/c1-3-23(4-2)29(26,27)16-10-11-17-18(12-16)24(22-21-17)28-14-19(25)20-13-15-8-6-5-7-9-15/h10-12,15H,3-9,13-14H2,1-2H3,(H,20,25). The highest BCUT2D eigenvalue weighted by atomic mass is 32.2. The van der Waals surface area contributed by atoms with Crippen LogP contribution >= 0.6 is 0 Å². The van der Waals surface area contributed by atoms with Crippen LogP contribution in [0.2, 0.25) is 0 Å². The van der Waals surface area contributed by atoms with Crippen molar-refractivity contribution in [3.05, 3.63) is 18.2 Å². The monoisotopic (exact) mass is 423 g/mol. The summed E-state index contributed by atoms with van der Waals surface area (Å²) in [4.78, 5) is 18.8. The maximum atomic E-state index is 12.7. The molecule has 1 heterocycles. The Morgan fingerprint density at radius 2 is 1.97 bits per heavy atom. The van der Waals surface area contributed by atoms with Crippen molar-refractivity contribution in [2.24, 2.45) is 5.92 Å². The van der Waals surface area contributed by atoms with Crippen LogP contribution in [0.1, 0.15) is 46.0 Å². The fourth-order valence-electron chi connectivity index (χ4n) is 3.67. The highest BCUT2D eigenvalue weighted by Crippen LogP contribution is 2.23. The minimum Gasteiger partial charge on any atom is -0.385 e. The number of nitrogens with zero attached hydrogens (tertiary/aromatic N) is 4. The van der Waals surface area contributed by atoms with Gasteiger partial charge in [0.1, 0.15) is 11.0 Å². The number of sulfonamides is 1. The molecule has 0 saturated heterocycles. The van der Waals surface area contributed by atoms with Gasteiger partial charge >= 0.3 is 0 Å². The number of aromatic nitrogens is 3. The smallest absolute Gasteiger partial charge is 0.260 e. The predicted octanol–water partition coefficient (Wildman–Crippen LogP) is 1.59. The molecule has 0 unspecified atom stereocenters. The van der Waals surface area contributed by atoms with Crippen LogP contribution in [-0.4, -0.2) is 60.0 Å². The molecule has 1 amide bonds. The molecule has 1 aromatic heterocycles. The summed E-state index contributed by atoms with van der Waals surface area (Å²) in [5.41, 5.74) is 0.893. The molecular formula is C19H29N5O4S. The summed E-state index contributed by atoms with van der Waals surface area (Å²) >= 11 is 0. The van der Waals surface area contributed by atoms with Crippen LogP contribution in [-0.2, 0) is 14.8 Å². The van der Waals surface area contributed by atoms with Crippen LogP contribution in [0.15, 0.2) is 23.1 Å². The van der Waals surface area contributed by atoms with E-state index in [0.717, 1.165) is 17.7 Å². The number of nitrogens with one attached hydrogen (secondary N) is 1. The molecule has 0 atom stereocenters. The van der Waals surface area contributed by atoms with Crippen molar-refractivity contribution < 1.29 is 18.0 Å². The molecule has 1 aliphatic carbocycles. The van der Waals surface area contributed by atoms with Crippen LogP contribution in [0.3, 0.4) is 0 Å². The van der Waals surface area contributed by atoms with E-state index in [0.29, 0.717) is 36.6 Å². The molecule has 1 aromatic carbocycles. The lowest BCUT2D eigenvalue weighted by Crippen LogP contribution is -2.35. The molecule has 160 valence electrons. The molecule has 10 heteroatoms. The molecule has 9 nitrogen and oxygen atoms in total. The summed E-state index contributed by atoms with van der Waals surface area (Å²) in [6.07, 6.45) is 6.03. The zero-order valence-electron chi connectivity index (χ0n) is 17.0. The van der Waals surface area contributed by atoms with Crippen LogP contribution in [0.5, 0.6) is 0 Å². The summed E-state index contributed by atoms with van der Waals surface area (Å²) in [7, 11) is -3.61. The Hall–Kier alpha value is -2.20. The largest absolute Gasteiger partial charge is 0.385 e. The van der Waals surface area contributed by atoms with Gasteiger partial charge in [0.15, 0.2) is 6.61 Å². The Morgan fingerprint density at radius 3 is 2.66 bits per heavy atom. The molecule has 1 saturated carbocycles. The molecule has 1 N–H and O–H groups in total. The van der Waals surface area contributed by atoms with Gasteiger partial charge in [-0.3, -0.25) is 4.79 Å². The number of amides is 1. The Labute approximate surface area is 171 Å². The second-order valence-electron chi connectivity index (χ2n) is 7.28. The molecule has 2 aromatic rings. The third-order valence-corrected chi connectivity index (χ3v) is 7.41. The minimum atomic E-state index is -3.61. The van der Waals surface area contributed by atoms with Crippen LogP contribution in [0.25, 0.3) is 11.0 Å². The van der Waals surface area contributed by atoms with Crippen LogP contribution in [0.4, 0.5) is 0 Å². The van der Waals surface area contributed by atoms with Crippen molar-refractivity contribution >= 4 is 27.0 Å². The molecular weight excluding hydrogens is 394 g/mol. The van der Waals surface area contributed by atoms with E-state index in [4.69, 9.17) is 4.84 Å². The zero-order chi connectivity index (χ0) is 20.9. The van der Waals surface area contributed by atoms with Gasteiger partial charge in [-0.25, -0.2) is 8.42 Å². The number of carbonyl (C=O) groups excluding carboxylic acids is 1. The van der Waals surface area contributed by atoms with E-state index in [1.54, 1.807) is 19.9 Å². The average molecular weight is 424 g/mol. The molecule has 3 rings (SSSR count). The first-order valence-electron chi connectivity index (χ1n) is 10.2. The van der Waals surface area contributed by atoms with Gasteiger partial charge in [0.25, 0.3) is 5.91 Å². The van der Waals surface area contributed by atoms with Gasteiger partial charge in [-0.15, -0.1) is 5.10 Å². The van der Waals surface area contributed by atoms with Crippen molar-refractivity contribution in [1.29, 1.82) is 0 Å². The Balaban J connectivity index is 1.66. The van der Waals surface area contributed by atoms with Crippen molar-refractivity contribution in [3.8, 4) is 0 Å². The summed E-state index contributed by atoms with van der Waals surface area (Å²) in [5, 5.41) is 10.8. The van der Waals surface area contributed by atoms with E-state index >= 15 is 0 Å². The fourth-order valence-corrected chi connectivity index (χ4v) is 5.15. The highest BCUT2D eigenvalue weighted by molar-refractivity contribution is 7.89. The second kappa shape index (κ2) is 9.53. The number of benzene rings is 1. The van der Waals surface area contributed by atoms with Crippen molar-refractivity contribution in [1.82, 2.24) is 24.8 Å². The van der Waals surface area contributed by atoms with E-state index in [9.17, 15) is 13.2 Å². The lowest BCUT2D eigenvalue weighted by molar-refractivity contribution is -0.126. The third kappa shape index (κ3) is 5.05. The first kappa shape index (κ1) is 21.5. The van der Waals surface area contributed by atoms with Gasteiger partial charge < -0.3 is 10.2 Å². The molecule has 0 bridgehead atoms. The van der Waals surface area contributed by atoms with Gasteiger partial charge in [-0.2, -0.15) is 4.31 Å². The average Bonchev–Trinajstić information content (AvgIpc) is 3.14. The number of rotatable bonds is 9. The van der Waals surface area contributed by atoms with Crippen molar-refractivity contribution in [2.45, 2.75) is 50.8 Å². The zero-order valence-corrected chi connectivity index (χ0v) is 17.8. The number of fused-ring (bicyclic) bond motifs is 1. The van der Waals surface area contributed by atoms with Crippen LogP contribution in [0, 0.1) is 5.92 Å². The molecule has 0 aliphatic heterocycles. The normalized spacial score (nSPS) is 15.7. The summed E-state index contributed by atoms with van der Waals surface area (Å²) < 4.78 is 26.9. The number of hydrogen-bond donors (Lipinski definition) is 1. The maximum absolute atomic E-state index is 12.7. The predicted molar refractivity (Wildman–Crippen MR) is 109 cm³/mol. The summed E-state index contributed by atoms with van der Waals surface area (Å²) in [5.74, 6) is 0.305. The van der Waals surface area contributed by atoms with Gasteiger partial charge in [0.05, 0.1) is 4.90 Å². The van der Waals surface area contributed by atoms with Gasteiger partial charge in [0.2, 0.25) is 10.0 Å². The van der Waals surface area contributed by atoms with Gasteiger partial charge in [-0.1, -0.05) is 38.0 Å². The topological polar surface area (TPSA) is 106 Å². The molecule has 1 fully saturated rings. The number of hydrogen-bond acceptors (Lipinski definition) is 6. The quantitative estimate of drug-likeness (QED) is 0.656. The SMILES string of the molecule is CCN(CC)S(=O)(=O)c1ccc2nnn(OCC(=O)NCC3CCCCC3)c2c1. The van der Waals surface area contributed by atoms with Gasteiger partial charge in [0, 0.05) is 19.6 Å². The van der Waals surface area contributed by atoms with E-state index in [2.05, 4.69) is 15.6 Å². The fraction of sp³-hybridized carbons (Fsp3) is 0.632. The molecule has 1 aliphatic rings. The van der Waals surface area contributed by atoms with Crippen LogP contribution < -0.4 is 10.2 Å². The van der Waals surface area contributed by atoms with Gasteiger partial charge in [-0.05, 0) is 42.2 Å². The second-order valence-corrected chi connectivity index (χ2v) is 9.22. The first-order chi connectivity index (χ1) is 14.0. The first-order valence-corrected chi connectivity index (χ1v) is 11.6. The maximum Gasteiger partial charge on any atom is 0.260 e. The number of carbonyl (C=O) groups is 1. The Morgan fingerprint density at radius 1 is 1.24 bits per heavy atom. The van der Waals surface area contributed by atoms with E-state index in [1.165, 1.54) is 35.7 Å². The Kier molecular flexibility index (Phi) is 7.07. The van der Waals surface area contributed by atoms with E-state index in [1.807, 2.05) is 0 Å². The highest BCUT2D eigenvalue weighted by Gasteiger charge is 2.23. The molecule has 0 spiro atoms. The van der Waals surface area contributed by atoms with Crippen molar-refractivity contribution in [3.63, 3.8) is 0 Å². The summed E-state index contributed by atoms with van der Waals surface area (Å²) in [6, 6.07) is 4.57. The lowest BCUT2D eigenvalue weighted by atomic mass is 9.89. The van der Waals surface area contributed by atoms with Crippen molar-refractivity contribution in [2.75, 3.05) is 26.2 Å². The Bertz CT molecular complexity index is 933. The third-order valence-electron chi connectivity index (χ3n) is 5.36. The lowest BCUT2D eigenvalue weighted by Gasteiger charge is -2.21.